The molecule has 0 radical (unpaired) electrons. The topological polar surface area (TPSA) is 160 Å². The van der Waals surface area contributed by atoms with Gasteiger partial charge >= 0.3 is 6.09 Å². The lowest BCUT2D eigenvalue weighted by molar-refractivity contribution is -0.133. The van der Waals surface area contributed by atoms with Crippen LogP contribution in [0.1, 0.15) is 50.7 Å². The van der Waals surface area contributed by atoms with Crippen molar-refractivity contribution in [1.82, 2.24) is 19.8 Å². The molecule has 1 heterocycles. The van der Waals surface area contributed by atoms with Crippen LogP contribution in [0.5, 0.6) is 0 Å². The Kier molecular flexibility index (Phi) is 13.1. The average molecular weight is 679 g/mol. The van der Waals surface area contributed by atoms with Gasteiger partial charge in [0.25, 0.3) is 0 Å². The standard InChI is InChI=1S/C36H50N6O5S/c1-5-29(42(36(44)47-4)35(43)34(38)33(26-12-8-6-9-13-26)27-14-10-7-11-15-27)22-40-31-23-39-24-32(31)41(21-20-25(2)3)48(45,46)30-18-16-28(37)17-19-30/h6-19,25,29,31-34,39-40H,5,20-24,37-38H2,1-4H3/t29-,31+,32+,34-/m0/s1. The van der Waals surface area contributed by atoms with E-state index in [2.05, 4.69) is 24.5 Å². The van der Waals surface area contributed by atoms with Gasteiger partial charge in [-0.2, -0.15) is 4.31 Å². The third kappa shape index (κ3) is 8.80. The molecule has 0 aliphatic carbocycles. The molecule has 0 aromatic heterocycles. The maximum atomic E-state index is 14.2. The number of ether oxygens (including phenoxy) is 1. The Labute approximate surface area is 285 Å². The van der Waals surface area contributed by atoms with Gasteiger partial charge in [0.2, 0.25) is 15.9 Å². The van der Waals surface area contributed by atoms with Gasteiger partial charge in [-0.3, -0.25) is 4.79 Å². The normalized spacial score (nSPS) is 17.8. The first-order valence-corrected chi connectivity index (χ1v) is 18.0. The molecule has 3 aromatic carbocycles. The van der Waals surface area contributed by atoms with Crippen molar-refractivity contribution in [2.75, 3.05) is 39.0 Å². The summed E-state index contributed by atoms with van der Waals surface area (Å²) in [5.74, 6) is -0.772. The number of benzene rings is 3. The molecule has 2 amide bonds. The fraction of sp³-hybridized carbons (Fsp3) is 0.444. The molecule has 11 nitrogen and oxygen atoms in total. The van der Waals surface area contributed by atoms with E-state index < -0.39 is 46.1 Å². The van der Waals surface area contributed by atoms with E-state index >= 15 is 0 Å². The molecule has 0 bridgehead atoms. The molecule has 1 saturated heterocycles. The van der Waals surface area contributed by atoms with E-state index in [1.54, 1.807) is 16.4 Å². The summed E-state index contributed by atoms with van der Waals surface area (Å²) >= 11 is 0. The molecule has 6 N–H and O–H groups in total. The van der Waals surface area contributed by atoms with Crippen molar-refractivity contribution < 1.29 is 22.7 Å². The number of methoxy groups -OCH3 is 1. The van der Waals surface area contributed by atoms with E-state index in [1.165, 1.54) is 19.2 Å². The van der Waals surface area contributed by atoms with Crippen molar-refractivity contribution in [2.24, 2.45) is 11.7 Å². The van der Waals surface area contributed by atoms with E-state index in [1.807, 2.05) is 67.6 Å². The fourth-order valence-corrected chi connectivity index (χ4v) is 7.93. The van der Waals surface area contributed by atoms with Crippen molar-refractivity contribution in [3.63, 3.8) is 0 Å². The Bertz CT molecular complexity index is 1530. The van der Waals surface area contributed by atoms with Gasteiger partial charge in [0.05, 0.1) is 30.1 Å². The second-order valence-corrected chi connectivity index (χ2v) is 14.6. The van der Waals surface area contributed by atoms with Crippen LogP contribution in [0.25, 0.3) is 0 Å². The first-order chi connectivity index (χ1) is 23.0. The Hall–Kier alpha value is -3.81. The van der Waals surface area contributed by atoms with Crippen LogP contribution in [-0.2, 0) is 19.6 Å². The minimum atomic E-state index is -3.85. The zero-order chi connectivity index (χ0) is 34.8. The Balaban J connectivity index is 1.58. The maximum absolute atomic E-state index is 14.2. The van der Waals surface area contributed by atoms with Crippen molar-refractivity contribution in [3.05, 3.63) is 96.1 Å². The van der Waals surface area contributed by atoms with Crippen molar-refractivity contribution in [1.29, 1.82) is 0 Å². The molecule has 48 heavy (non-hydrogen) atoms. The van der Waals surface area contributed by atoms with Gasteiger partial charge in [0, 0.05) is 43.8 Å². The summed E-state index contributed by atoms with van der Waals surface area (Å²) < 4.78 is 34.7. The minimum Gasteiger partial charge on any atom is -0.452 e. The molecule has 4 atom stereocenters. The molecule has 0 spiro atoms. The third-order valence-corrected chi connectivity index (χ3v) is 10.9. The van der Waals surface area contributed by atoms with Gasteiger partial charge in [-0.15, -0.1) is 0 Å². The lowest BCUT2D eigenvalue weighted by Crippen LogP contribution is -2.58. The highest BCUT2D eigenvalue weighted by molar-refractivity contribution is 7.89. The summed E-state index contributed by atoms with van der Waals surface area (Å²) in [6, 6.07) is 22.9. The van der Waals surface area contributed by atoms with Gasteiger partial charge in [-0.1, -0.05) is 81.4 Å². The van der Waals surface area contributed by atoms with Gasteiger partial charge in [-0.05, 0) is 54.2 Å². The summed E-state index contributed by atoms with van der Waals surface area (Å²) in [7, 11) is -2.61. The predicted molar refractivity (Wildman–Crippen MR) is 189 cm³/mol. The fourth-order valence-electron chi connectivity index (χ4n) is 6.25. The number of nitrogens with zero attached hydrogens (tertiary/aromatic N) is 2. The number of nitrogens with one attached hydrogen (secondary N) is 2. The molecule has 1 aliphatic rings. The molecule has 4 rings (SSSR count). The molecular formula is C36H50N6O5S. The number of nitrogen functional groups attached to an aromatic ring is 1. The number of hydrogen-bond donors (Lipinski definition) is 4. The number of nitrogens with two attached hydrogens (primary N) is 2. The number of carbonyl (C=O) groups excluding carboxylic acids is 2. The lowest BCUT2D eigenvalue weighted by atomic mass is 9.84. The minimum absolute atomic E-state index is 0.181. The van der Waals surface area contributed by atoms with E-state index in [-0.39, 0.29) is 17.5 Å². The molecule has 12 heteroatoms. The van der Waals surface area contributed by atoms with Gasteiger partial charge in [0.15, 0.2) is 0 Å². The number of rotatable bonds is 15. The van der Waals surface area contributed by atoms with E-state index in [9.17, 15) is 18.0 Å². The summed E-state index contributed by atoms with van der Waals surface area (Å²) in [5, 5.41) is 6.84. The zero-order valence-electron chi connectivity index (χ0n) is 28.3. The highest BCUT2D eigenvalue weighted by Crippen LogP contribution is 2.29. The van der Waals surface area contributed by atoms with Crippen LogP contribution < -0.4 is 22.1 Å². The van der Waals surface area contributed by atoms with Crippen LogP contribution in [-0.4, -0.2) is 87.1 Å². The number of imide groups is 1. The van der Waals surface area contributed by atoms with Crippen LogP contribution in [0, 0.1) is 5.92 Å². The quantitative estimate of drug-likeness (QED) is 0.176. The number of amides is 2. The van der Waals surface area contributed by atoms with Crippen molar-refractivity contribution in [3.8, 4) is 0 Å². The lowest BCUT2D eigenvalue weighted by Gasteiger charge is -2.36. The van der Waals surface area contributed by atoms with E-state index in [0.717, 1.165) is 16.0 Å². The molecule has 260 valence electrons. The summed E-state index contributed by atoms with van der Waals surface area (Å²) in [4.78, 5) is 28.8. The second kappa shape index (κ2) is 17.0. The third-order valence-electron chi connectivity index (χ3n) is 8.99. The SMILES string of the molecule is CC[C@@H](CN[C@@H]1CNC[C@H]1N(CCC(C)C)S(=O)(=O)c1ccc(N)cc1)N(C(=O)OC)C(=O)[C@@H](N)C(c1ccccc1)c1ccccc1. The van der Waals surface area contributed by atoms with Crippen LogP contribution in [0.2, 0.25) is 0 Å². The van der Waals surface area contributed by atoms with Crippen LogP contribution in [0.4, 0.5) is 10.5 Å². The van der Waals surface area contributed by atoms with Crippen LogP contribution in [0.15, 0.2) is 89.8 Å². The van der Waals surface area contributed by atoms with E-state index in [0.29, 0.717) is 44.1 Å². The number of hydrogen-bond acceptors (Lipinski definition) is 9. The molecular weight excluding hydrogens is 629 g/mol. The zero-order valence-corrected chi connectivity index (χ0v) is 29.1. The Morgan fingerprint density at radius 2 is 1.54 bits per heavy atom. The smallest absolute Gasteiger partial charge is 0.416 e. The summed E-state index contributed by atoms with van der Waals surface area (Å²) in [6.45, 7) is 7.52. The maximum Gasteiger partial charge on any atom is 0.416 e. The van der Waals surface area contributed by atoms with Crippen LogP contribution >= 0.6 is 0 Å². The molecule has 0 saturated carbocycles. The largest absolute Gasteiger partial charge is 0.452 e. The van der Waals surface area contributed by atoms with Crippen LogP contribution in [0.3, 0.4) is 0 Å². The first-order valence-electron chi connectivity index (χ1n) is 16.6. The Morgan fingerprint density at radius 3 is 2.06 bits per heavy atom. The molecule has 0 unspecified atom stereocenters. The highest BCUT2D eigenvalue weighted by Gasteiger charge is 2.41. The Morgan fingerprint density at radius 1 is 0.958 bits per heavy atom. The average Bonchev–Trinajstić information content (AvgIpc) is 3.55. The highest BCUT2D eigenvalue weighted by atomic mass is 32.2. The predicted octanol–water partition coefficient (Wildman–Crippen LogP) is 3.77. The van der Waals surface area contributed by atoms with Gasteiger partial charge in [0.1, 0.15) is 0 Å². The van der Waals surface area contributed by atoms with Crippen molar-refractivity contribution in [2.45, 2.75) is 68.6 Å². The monoisotopic (exact) mass is 678 g/mol. The molecule has 3 aromatic rings. The van der Waals surface area contributed by atoms with Gasteiger partial charge < -0.3 is 26.8 Å². The first kappa shape index (κ1) is 37.0. The molecule has 1 fully saturated rings. The summed E-state index contributed by atoms with van der Waals surface area (Å²) in [5.41, 5.74) is 14.8. The second-order valence-electron chi connectivity index (χ2n) is 12.7. The van der Waals surface area contributed by atoms with Crippen molar-refractivity contribution >= 4 is 27.7 Å². The molecule has 1 aliphatic heterocycles. The number of carbonyl (C=O) groups is 2. The number of anilines is 1. The summed E-state index contributed by atoms with van der Waals surface area (Å²) in [6.07, 6.45) is 0.309. The number of sulfonamides is 1. The van der Waals surface area contributed by atoms with Gasteiger partial charge in [-0.25, -0.2) is 18.1 Å². The van der Waals surface area contributed by atoms with E-state index in [4.69, 9.17) is 16.2 Å².